The smallest absolute Gasteiger partial charge is 0.224 e. The van der Waals surface area contributed by atoms with Crippen LogP contribution >= 0.6 is 12.4 Å². The summed E-state index contributed by atoms with van der Waals surface area (Å²) in [7, 11) is 0. The van der Waals surface area contributed by atoms with E-state index in [1.165, 1.54) is 13.0 Å². The van der Waals surface area contributed by atoms with Crippen molar-refractivity contribution in [2.75, 3.05) is 19.6 Å². The average molecular weight is 376 g/mol. The second-order valence-electron chi connectivity index (χ2n) is 6.18. The highest BCUT2D eigenvalue weighted by Crippen LogP contribution is 2.24. The minimum absolute atomic E-state index is 0. The highest BCUT2D eigenvalue weighted by atomic mass is 35.5. The Morgan fingerprint density at radius 2 is 1.96 bits per heavy atom. The van der Waals surface area contributed by atoms with Crippen molar-refractivity contribution < 1.29 is 18.4 Å². The minimum Gasteiger partial charge on any atom is -0.349 e. The molecule has 1 aliphatic heterocycles. The van der Waals surface area contributed by atoms with E-state index in [2.05, 4.69) is 5.32 Å². The second-order valence-corrected chi connectivity index (χ2v) is 6.18. The average Bonchev–Trinajstić information content (AvgIpc) is 2.54. The molecule has 8 heteroatoms. The summed E-state index contributed by atoms with van der Waals surface area (Å²) in [5, 5.41) is 2.58. The zero-order valence-corrected chi connectivity index (χ0v) is 15.0. The van der Waals surface area contributed by atoms with Gasteiger partial charge in [0.2, 0.25) is 11.8 Å². The summed E-state index contributed by atoms with van der Waals surface area (Å²) in [5.74, 6) is -1.59. The summed E-state index contributed by atoms with van der Waals surface area (Å²) in [6, 6.07) is 2.31. The SMILES string of the molecule is CC(=O)NC(CC(=O)N1CCC(CN)CC1)c1ccc(F)cc1F.Cl. The lowest BCUT2D eigenvalue weighted by Gasteiger charge is -2.32. The first-order valence-corrected chi connectivity index (χ1v) is 8.10. The Bertz CT molecular complexity index is 608. The van der Waals surface area contributed by atoms with Crippen LogP contribution in [0.1, 0.15) is 37.8 Å². The van der Waals surface area contributed by atoms with Gasteiger partial charge < -0.3 is 16.0 Å². The van der Waals surface area contributed by atoms with Crippen LogP contribution in [0.4, 0.5) is 8.78 Å². The van der Waals surface area contributed by atoms with Crippen LogP contribution in [0.15, 0.2) is 18.2 Å². The molecule has 0 aromatic heterocycles. The molecule has 1 aromatic carbocycles. The standard InChI is InChI=1S/C17H23F2N3O2.ClH/c1-11(23)21-16(14-3-2-13(18)8-15(14)19)9-17(24)22-6-4-12(10-20)5-7-22;/h2-3,8,12,16H,4-7,9-10,20H2,1H3,(H,21,23);1H. The summed E-state index contributed by atoms with van der Waals surface area (Å²) in [5.41, 5.74) is 5.75. The number of benzene rings is 1. The predicted molar refractivity (Wildman–Crippen MR) is 93.1 cm³/mol. The fraction of sp³-hybridized carbons (Fsp3) is 0.529. The fourth-order valence-electron chi connectivity index (χ4n) is 2.99. The molecule has 0 spiro atoms. The molecule has 1 heterocycles. The van der Waals surface area contributed by atoms with Gasteiger partial charge in [0.1, 0.15) is 11.6 Å². The Morgan fingerprint density at radius 1 is 1.32 bits per heavy atom. The van der Waals surface area contributed by atoms with Gasteiger partial charge in [-0.1, -0.05) is 6.07 Å². The zero-order valence-electron chi connectivity index (χ0n) is 14.1. The maximum absolute atomic E-state index is 14.0. The van der Waals surface area contributed by atoms with Crippen LogP contribution < -0.4 is 11.1 Å². The number of halogens is 3. The highest BCUT2D eigenvalue weighted by molar-refractivity contribution is 5.85. The molecule has 1 aliphatic rings. The molecule has 5 nitrogen and oxygen atoms in total. The molecule has 1 saturated heterocycles. The lowest BCUT2D eigenvalue weighted by Crippen LogP contribution is -2.42. The van der Waals surface area contributed by atoms with E-state index in [9.17, 15) is 18.4 Å². The molecule has 3 N–H and O–H groups in total. The van der Waals surface area contributed by atoms with Crippen molar-refractivity contribution in [1.29, 1.82) is 0 Å². The van der Waals surface area contributed by atoms with E-state index in [1.54, 1.807) is 4.90 Å². The van der Waals surface area contributed by atoms with Crippen LogP contribution in [0.3, 0.4) is 0 Å². The van der Waals surface area contributed by atoms with Gasteiger partial charge in [0.05, 0.1) is 12.5 Å². The fourth-order valence-corrected chi connectivity index (χ4v) is 2.99. The van der Waals surface area contributed by atoms with Gasteiger partial charge in [-0.2, -0.15) is 0 Å². The van der Waals surface area contributed by atoms with Crippen molar-refractivity contribution in [1.82, 2.24) is 10.2 Å². The van der Waals surface area contributed by atoms with Crippen LogP contribution in [-0.4, -0.2) is 36.3 Å². The number of nitrogens with one attached hydrogen (secondary N) is 1. The molecule has 0 bridgehead atoms. The number of piperidine rings is 1. The van der Waals surface area contributed by atoms with Gasteiger partial charge in [-0.05, 0) is 31.4 Å². The number of nitrogens with zero attached hydrogens (tertiary/aromatic N) is 1. The lowest BCUT2D eigenvalue weighted by molar-refractivity contribution is -0.133. The molecular weight excluding hydrogens is 352 g/mol. The lowest BCUT2D eigenvalue weighted by atomic mass is 9.96. The third-order valence-electron chi connectivity index (χ3n) is 4.39. The molecule has 2 amide bonds. The van der Waals surface area contributed by atoms with E-state index in [0.717, 1.165) is 25.0 Å². The van der Waals surface area contributed by atoms with Crippen LogP contribution in [-0.2, 0) is 9.59 Å². The van der Waals surface area contributed by atoms with Crippen LogP contribution in [0.25, 0.3) is 0 Å². The Kier molecular flexibility index (Phi) is 8.25. The van der Waals surface area contributed by atoms with E-state index in [1.807, 2.05) is 0 Å². The first-order valence-electron chi connectivity index (χ1n) is 8.10. The minimum atomic E-state index is -0.817. The highest BCUT2D eigenvalue weighted by Gasteiger charge is 2.26. The number of hydrogen-bond donors (Lipinski definition) is 2. The molecule has 1 aromatic rings. The summed E-state index contributed by atoms with van der Waals surface area (Å²) in [6.45, 7) is 3.13. The quantitative estimate of drug-likeness (QED) is 0.828. The molecule has 1 fully saturated rings. The van der Waals surface area contributed by atoms with Gasteiger partial charge in [-0.3, -0.25) is 9.59 Å². The molecule has 1 unspecified atom stereocenters. The molecule has 0 radical (unpaired) electrons. The Labute approximate surface area is 152 Å². The summed E-state index contributed by atoms with van der Waals surface area (Å²) in [4.78, 5) is 25.6. The Balaban J connectivity index is 0.00000312. The van der Waals surface area contributed by atoms with Gasteiger partial charge in [0.15, 0.2) is 0 Å². The maximum Gasteiger partial charge on any atom is 0.224 e. The van der Waals surface area contributed by atoms with Crippen molar-refractivity contribution in [3.05, 3.63) is 35.4 Å². The maximum atomic E-state index is 14.0. The number of hydrogen-bond acceptors (Lipinski definition) is 3. The molecule has 0 aliphatic carbocycles. The van der Waals surface area contributed by atoms with Gasteiger partial charge in [0.25, 0.3) is 0 Å². The summed E-state index contributed by atoms with van der Waals surface area (Å²) in [6.07, 6.45) is 1.63. The number of nitrogens with two attached hydrogens (primary N) is 1. The number of carbonyl (C=O) groups excluding carboxylic acids is 2. The van der Waals surface area contributed by atoms with Crippen LogP contribution in [0.5, 0.6) is 0 Å². The largest absolute Gasteiger partial charge is 0.349 e. The number of amides is 2. The third-order valence-corrected chi connectivity index (χ3v) is 4.39. The monoisotopic (exact) mass is 375 g/mol. The molecule has 25 heavy (non-hydrogen) atoms. The van der Waals surface area contributed by atoms with Crippen molar-refractivity contribution in [2.24, 2.45) is 11.7 Å². The molecule has 2 rings (SSSR count). The van der Waals surface area contributed by atoms with Crippen molar-refractivity contribution in [2.45, 2.75) is 32.2 Å². The predicted octanol–water partition coefficient (Wildman–Crippen LogP) is 2.15. The molecule has 0 saturated carbocycles. The molecular formula is C17H24ClF2N3O2. The van der Waals surface area contributed by atoms with Crippen molar-refractivity contribution in [3.8, 4) is 0 Å². The zero-order chi connectivity index (χ0) is 17.7. The van der Waals surface area contributed by atoms with Gasteiger partial charge in [-0.25, -0.2) is 8.78 Å². The topological polar surface area (TPSA) is 75.4 Å². The van der Waals surface area contributed by atoms with Crippen LogP contribution in [0.2, 0.25) is 0 Å². The molecule has 140 valence electrons. The van der Waals surface area contributed by atoms with E-state index in [-0.39, 0.29) is 36.2 Å². The normalized spacial score (nSPS) is 16.1. The first-order chi connectivity index (χ1) is 11.4. The number of carbonyl (C=O) groups is 2. The Hall–Kier alpha value is -1.73. The van der Waals surface area contributed by atoms with Crippen molar-refractivity contribution in [3.63, 3.8) is 0 Å². The van der Waals surface area contributed by atoms with E-state index in [0.29, 0.717) is 25.6 Å². The molecule has 1 atom stereocenters. The Morgan fingerprint density at radius 3 is 2.48 bits per heavy atom. The van der Waals surface area contributed by atoms with E-state index < -0.39 is 17.7 Å². The van der Waals surface area contributed by atoms with E-state index >= 15 is 0 Å². The summed E-state index contributed by atoms with van der Waals surface area (Å²) >= 11 is 0. The number of likely N-dealkylation sites (tertiary alicyclic amines) is 1. The number of rotatable bonds is 5. The van der Waals surface area contributed by atoms with Crippen LogP contribution in [0, 0.1) is 17.6 Å². The van der Waals surface area contributed by atoms with Gasteiger partial charge >= 0.3 is 0 Å². The summed E-state index contributed by atoms with van der Waals surface area (Å²) < 4.78 is 27.1. The van der Waals surface area contributed by atoms with Gasteiger partial charge in [-0.15, -0.1) is 12.4 Å². The second kappa shape index (κ2) is 9.68. The van der Waals surface area contributed by atoms with Crippen molar-refractivity contribution >= 4 is 24.2 Å². The third kappa shape index (κ3) is 5.93. The first kappa shape index (κ1) is 21.3. The van der Waals surface area contributed by atoms with Gasteiger partial charge in [0, 0.05) is 31.6 Å². The van der Waals surface area contributed by atoms with E-state index in [4.69, 9.17) is 5.73 Å².